The third-order valence-corrected chi connectivity index (χ3v) is 4.58. The first-order chi connectivity index (χ1) is 14.0. The van der Waals surface area contributed by atoms with Crippen molar-refractivity contribution in [1.29, 1.82) is 0 Å². The first kappa shape index (κ1) is 22.9. The van der Waals surface area contributed by atoms with E-state index >= 15 is 0 Å². The summed E-state index contributed by atoms with van der Waals surface area (Å²) in [4.78, 5) is 20.6. The predicted molar refractivity (Wildman–Crippen MR) is 111 cm³/mol. The molecule has 1 aromatic rings. The molecule has 1 aliphatic heterocycles. The lowest BCUT2D eigenvalue weighted by Crippen LogP contribution is -2.54. The molecule has 1 saturated heterocycles. The Labute approximate surface area is 172 Å². The minimum atomic E-state index is -0.282. The van der Waals surface area contributed by atoms with Crippen LogP contribution in [0, 0.1) is 5.82 Å². The molecule has 1 unspecified atom stereocenters. The van der Waals surface area contributed by atoms with E-state index in [1.165, 1.54) is 12.1 Å². The highest BCUT2D eigenvalue weighted by Gasteiger charge is 2.21. The van der Waals surface area contributed by atoms with E-state index in [9.17, 15) is 9.18 Å². The summed E-state index contributed by atoms with van der Waals surface area (Å²) in [5.74, 6) is 1.18. The number of amides is 1. The Morgan fingerprint density at radius 2 is 1.90 bits per heavy atom. The second-order valence-electron chi connectivity index (χ2n) is 6.92. The van der Waals surface area contributed by atoms with Gasteiger partial charge in [0.25, 0.3) is 0 Å². The summed E-state index contributed by atoms with van der Waals surface area (Å²) in [5.41, 5.74) is 0. The van der Waals surface area contributed by atoms with Crippen LogP contribution in [0.1, 0.15) is 6.92 Å². The second kappa shape index (κ2) is 12.2. The van der Waals surface area contributed by atoms with Crippen LogP contribution < -0.4 is 15.4 Å². The maximum absolute atomic E-state index is 13.0. The van der Waals surface area contributed by atoms with Crippen molar-refractivity contribution >= 4 is 11.9 Å². The van der Waals surface area contributed by atoms with Crippen molar-refractivity contribution < 1.29 is 18.7 Å². The van der Waals surface area contributed by atoms with Gasteiger partial charge < -0.3 is 25.0 Å². The maximum atomic E-state index is 13.0. The Kier molecular flexibility index (Phi) is 9.66. The molecule has 1 aromatic carbocycles. The summed E-state index contributed by atoms with van der Waals surface area (Å²) in [5, 5.41) is 6.17. The van der Waals surface area contributed by atoms with E-state index in [0.717, 1.165) is 32.1 Å². The van der Waals surface area contributed by atoms with E-state index in [4.69, 9.17) is 9.47 Å². The molecule has 162 valence electrons. The summed E-state index contributed by atoms with van der Waals surface area (Å²) in [6.07, 6.45) is -0.103. The van der Waals surface area contributed by atoms with Gasteiger partial charge in [-0.15, -0.1) is 0 Å². The van der Waals surface area contributed by atoms with Crippen LogP contribution in [0.2, 0.25) is 0 Å². The Morgan fingerprint density at radius 3 is 2.52 bits per heavy atom. The fourth-order valence-corrected chi connectivity index (χ4v) is 3.02. The average Bonchev–Trinajstić information content (AvgIpc) is 2.71. The van der Waals surface area contributed by atoms with Gasteiger partial charge in [0.1, 0.15) is 17.7 Å². The van der Waals surface area contributed by atoms with Crippen LogP contribution in [0.25, 0.3) is 0 Å². The number of hydrogen-bond acceptors (Lipinski definition) is 5. The Hall–Kier alpha value is -2.39. The molecule has 0 saturated carbocycles. The predicted octanol–water partition coefficient (Wildman–Crippen LogP) is 0.549. The quantitative estimate of drug-likeness (QED) is 0.352. The number of nitrogens with one attached hydrogen (secondary N) is 2. The topological polar surface area (TPSA) is 78.4 Å². The minimum Gasteiger partial charge on any atom is -0.489 e. The number of aliphatic imine (C=N–C) groups is 1. The Morgan fingerprint density at radius 1 is 1.21 bits per heavy atom. The molecule has 0 aromatic heterocycles. The fourth-order valence-electron chi connectivity index (χ4n) is 3.02. The molecule has 0 aliphatic carbocycles. The molecule has 1 aliphatic rings. The largest absolute Gasteiger partial charge is 0.489 e. The molecule has 8 nitrogen and oxygen atoms in total. The number of carbonyl (C=O) groups excluding carboxylic acids is 1. The standard InChI is InChI=1S/C20H32FN5O3/c1-16(29-18-6-4-17(21)5-7-18)14-24-20(22-2)26-11-9-25(10-12-26)15-19(27)23-8-13-28-3/h4-7,16H,8-15H2,1-3H3,(H,22,24)(H,23,27). The Bertz CT molecular complexity index is 648. The van der Waals surface area contributed by atoms with Gasteiger partial charge in [0.15, 0.2) is 5.96 Å². The van der Waals surface area contributed by atoms with Crippen LogP contribution in [0.4, 0.5) is 4.39 Å². The number of guanidine groups is 1. The van der Waals surface area contributed by atoms with Crippen LogP contribution >= 0.6 is 0 Å². The van der Waals surface area contributed by atoms with Crippen molar-refractivity contribution in [3.63, 3.8) is 0 Å². The first-order valence-electron chi connectivity index (χ1n) is 9.87. The molecule has 1 fully saturated rings. The van der Waals surface area contributed by atoms with Gasteiger partial charge in [0, 0.05) is 46.9 Å². The van der Waals surface area contributed by atoms with Gasteiger partial charge in [-0.3, -0.25) is 14.7 Å². The van der Waals surface area contributed by atoms with E-state index in [-0.39, 0.29) is 17.8 Å². The third kappa shape index (κ3) is 8.25. The number of benzene rings is 1. The normalized spacial score (nSPS) is 16.4. The molecule has 1 heterocycles. The molecule has 2 rings (SSSR count). The molecule has 0 radical (unpaired) electrons. The lowest BCUT2D eigenvalue weighted by Gasteiger charge is -2.36. The van der Waals surface area contributed by atoms with E-state index in [1.54, 1.807) is 26.3 Å². The van der Waals surface area contributed by atoms with Crippen molar-refractivity contribution in [3.8, 4) is 5.75 Å². The van der Waals surface area contributed by atoms with E-state index in [2.05, 4.69) is 25.4 Å². The molecule has 2 N–H and O–H groups in total. The molecular weight excluding hydrogens is 377 g/mol. The van der Waals surface area contributed by atoms with Crippen LogP contribution in [0.5, 0.6) is 5.75 Å². The zero-order chi connectivity index (χ0) is 21.1. The number of hydrogen-bond donors (Lipinski definition) is 2. The SMILES string of the molecule is CN=C(NCC(C)Oc1ccc(F)cc1)N1CCN(CC(=O)NCCOC)CC1. The van der Waals surface area contributed by atoms with Gasteiger partial charge in [-0.25, -0.2) is 4.39 Å². The monoisotopic (exact) mass is 409 g/mol. The summed E-state index contributed by atoms with van der Waals surface area (Å²) in [7, 11) is 3.37. The van der Waals surface area contributed by atoms with Crippen molar-refractivity contribution in [2.75, 3.05) is 66.6 Å². The highest BCUT2D eigenvalue weighted by molar-refractivity contribution is 5.80. The van der Waals surface area contributed by atoms with Gasteiger partial charge in [0.2, 0.25) is 5.91 Å². The highest BCUT2D eigenvalue weighted by Crippen LogP contribution is 2.12. The highest BCUT2D eigenvalue weighted by atomic mass is 19.1. The zero-order valence-electron chi connectivity index (χ0n) is 17.5. The Balaban J connectivity index is 1.70. The number of rotatable bonds is 9. The summed E-state index contributed by atoms with van der Waals surface area (Å²) in [6, 6.07) is 5.99. The van der Waals surface area contributed by atoms with Gasteiger partial charge >= 0.3 is 0 Å². The smallest absolute Gasteiger partial charge is 0.234 e. The van der Waals surface area contributed by atoms with Gasteiger partial charge in [-0.05, 0) is 31.2 Å². The number of nitrogens with zero attached hydrogens (tertiary/aromatic N) is 3. The van der Waals surface area contributed by atoms with Crippen LogP contribution in [0.15, 0.2) is 29.3 Å². The van der Waals surface area contributed by atoms with Gasteiger partial charge in [0.05, 0.1) is 19.7 Å². The lowest BCUT2D eigenvalue weighted by molar-refractivity contribution is -0.122. The number of methoxy groups -OCH3 is 1. The molecule has 29 heavy (non-hydrogen) atoms. The minimum absolute atomic E-state index is 0.0183. The lowest BCUT2D eigenvalue weighted by atomic mass is 10.3. The van der Waals surface area contributed by atoms with Crippen molar-refractivity contribution in [1.82, 2.24) is 20.4 Å². The first-order valence-corrected chi connectivity index (χ1v) is 9.87. The molecule has 0 spiro atoms. The van der Waals surface area contributed by atoms with Crippen LogP contribution in [-0.4, -0.2) is 94.3 Å². The third-order valence-electron chi connectivity index (χ3n) is 4.58. The molecular formula is C20H32FN5O3. The van der Waals surface area contributed by atoms with Gasteiger partial charge in [-0.1, -0.05) is 0 Å². The van der Waals surface area contributed by atoms with Crippen molar-refractivity contribution in [3.05, 3.63) is 30.1 Å². The summed E-state index contributed by atoms with van der Waals surface area (Å²) < 4.78 is 23.7. The number of halogens is 1. The number of piperazine rings is 1. The van der Waals surface area contributed by atoms with E-state index in [0.29, 0.717) is 32.0 Å². The molecule has 1 amide bonds. The number of ether oxygens (including phenoxy) is 2. The fraction of sp³-hybridized carbons (Fsp3) is 0.600. The molecule has 1 atom stereocenters. The molecule has 9 heteroatoms. The van der Waals surface area contributed by atoms with Crippen molar-refractivity contribution in [2.45, 2.75) is 13.0 Å². The van der Waals surface area contributed by atoms with E-state index in [1.807, 2.05) is 6.92 Å². The van der Waals surface area contributed by atoms with Gasteiger partial charge in [-0.2, -0.15) is 0 Å². The number of carbonyl (C=O) groups is 1. The van der Waals surface area contributed by atoms with Crippen LogP contribution in [0.3, 0.4) is 0 Å². The van der Waals surface area contributed by atoms with Crippen LogP contribution in [-0.2, 0) is 9.53 Å². The zero-order valence-corrected chi connectivity index (χ0v) is 17.5. The summed E-state index contributed by atoms with van der Waals surface area (Å²) >= 11 is 0. The van der Waals surface area contributed by atoms with E-state index < -0.39 is 0 Å². The summed E-state index contributed by atoms with van der Waals surface area (Å²) in [6.45, 7) is 7.13. The van der Waals surface area contributed by atoms with Crippen molar-refractivity contribution in [2.24, 2.45) is 4.99 Å². The second-order valence-corrected chi connectivity index (χ2v) is 6.92. The average molecular weight is 410 g/mol. The maximum Gasteiger partial charge on any atom is 0.234 e. The molecule has 0 bridgehead atoms.